The number of aromatic hydroxyl groups is 1. The van der Waals surface area contributed by atoms with Crippen molar-refractivity contribution in [2.24, 2.45) is 0 Å². The number of benzene rings is 1. The number of hydrogen-bond donors (Lipinski definition) is 1. The Labute approximate surface area is 83.5 Å². The van der Waals surface area contributed by atoms with Crippen molar-refractivity contribution in [2.45, 2.75) is 6.42 Å². The summed E-state index contributed by atoms with van der Waals surface area (Å²) in [4.78, 5) is 10.6. The highest BCUT2D eigenvalue weighted by atomic mass is 79.9. The first kappa shape index (κ1) is 8.56. The molecule has 1 aliphatic rings. The van der Waals surface area contributed by atoms with Crippen molar-refractivity contribution in [2.75, 3.05) is 6.61 Å². The molecule has 13 heavy (non-hydrogen) atoms. The largest absolute Gasteiger partial charge is 0.506 e. The molecule has 0 aliphatic carbocycles. The molecule has 1 N–H and O–H groups in total. The predicted molar refractivity (Wildman–Crippen MR) is 50.4 cm³/mol. The highest BCUT2D eigenvalue weighted by molar-refractivity contribution is 9.10. The minimum absolute atomic E-state index is 0.0457. The lowest BCUT2D eigenvalue weighted by Crippen LogP contribution is -1.88. The van der Waals surface area contributed by atoms with Gasteiger partial charge in [-0.1, -0.05) is 0 Å². The first-order valence-corrected chi connectivity index (χ1v) is 4.65. The molecule has 3 nitrogen and oxygen atoms in total. The van der Waals surface area contributed by atoms with Crippen LogP contribution >= 0.6 is 15.9 Å². The standard InChI is InChI=1S/C9H7BrO3/c10-7-8(12)6(4-11)3-5-1-2-13-9(5)7/h3-4,12H,1-2H2. The molecule has 0 bridgehead atoms. The Bertz CT molecular complexity index is 374. The molecule has 4 heteroatoms. The first-order chi connectivity index (χ1) is 6.24. The summed E-state index contributed by atoms with van der Waals surface area (Å²) in [7, 11) is 0. The first-order valence-electron chi connectivity index (χ1n) is 3.86. The zero-order chi connectivity index (χ0) is 9.42. The maximum absolute atomic E-state index is 10.6. The van der Waals surface area contributed by atoms with E-state index < -0.39 is 0 Å². The van der Waals surface area contributed by atoms with Crippen LogP contribution in [0.25, 0.3) is 0 Å². The van der Waals surface area contributed by atoms with E-state index >= 15 is 0 Å². The zero-order valence-electron chi connectivity index (χ0n) is 6.71. The fraction of sp³-hybridized carbons (Fsp3) is 0.222. The van der Waals surface area contributed by atoms with Crippen LogP contribution in [-0.4, -0.2) is 18.0 Å². The summed E-state index contributed by atoms with van der Waals surface area (Å²) in [5.41, 5.74) is 1.27. The summed E-state index contributed by atoms with van der Waals surface area (Å²) in [5, 5.41) is 9.50. The number of rotatable bonds is 1. The Kier molecular flexibility index (Phi) is 2.00. The molecular formula is C9H7BrO3. The molecule has 0 aromatic heterocycles. The van der Waals surface area contributed by atoms with Crippen molar-refractivity contribution < 1.29 is 14.6 Å². The summed E-state index contributed by atoms with van der Waals surface area (Å²) in [6.45, 7) is 0.607. The van der Waals surface area contributed by atoms with E-state index in [1.165, 1.54) is 0 Å². The van der Waals surface area contributed by atoms with Gasteiger partial charge < -0.3 is 9.84 Å². The molecule has 2 rings (SSSR count). The van der Waals surface area contributed by atoms with Crippen molar-refractivity contribution in [3.05, 3.63) is 21.7 Å². The molecule has 68 valence electrons. The van der Waals surface area contributed by atoms with Crippen molar-refractivity contribution in [3.8, 4) is 11.5 Å². The molecule has 0 unspecified atom stereocenters. The Hall–Kier alpha value is -1.03. The molecule has 1 aliphatic heterocycles. The molecule has 0 atom stereocenters. The fourth-order valence-electron chi connectivity index (χ4n) is 1.39. The van der Waals surface area contributed by atoms with E-state index in [1.807, 2.05) is 0 Å². The minimum atomic E-state index is -0.0457. The second kappa shape index (κ2) is 3.03. The average Bonchev–Trinajstić information content (AvgIpc) is 2.59. The minimum Gasteiger partial charge on any atom is -0.506 e. The number of fused-ring (bicyclic) bond motifs is 1. The highest BCUT2D eigenvalue weighted by Crippen LogP contribution is 2.41. The second-order valence-electron chi connectivity index (χ2n) is 2.83. The van der Waals surface area contributed by atoms with Crippen LogP contribution in [0.5, 0.6) is 11.5 Å². The maximum atomic E-state index is 10.6. The number of aldehydes is 1. The van der Waals surface area contributed by atoms with Gasteiger partial charge in [0.2, 0.25) is 0 Å². The van der Waals surface area contributed by atoms with E-state index in [1.54, 1.807) is 6.07 Å². The molecule has 1 heterocycles. The lowest BCUT2D eigenvalue weighted by Gasteiger charge is -2.05. The Morgan fingerprint density at radius 1 is 1.62 bits per heavy atom. The molecule has 0 fully saturated rings. The van der Waals surface area contributed by atoms with Crippen LogP contribution in [0.2, 0.25) is 0 Å². The topological polar surface area (TPSA) is 46.5 Å². The van der Waals surface area contributed by atoms with Gasteiger partial charge in [0.1, 0.15) is 16.0 Å². The smallest absolute Gasteiger partial charge is 0.153 e. The molecule has 1 aromatic carbocycles. The maximum Gasteiger partial charge on any atom is 0.153 e. The number of halogens is 1. The molecule has 0 amide bonds. The second-order valence-corrected chi connectivity index (χ2v) is 3.63. The van der Waals surface area contributed by atoms with Gasteiger partial charge in [-0.05, 0) is 27.6 Å². The molecule has 1 aromatic rings. The third-order valence-corrected chi connectivity index (χ3v) is 2.78. The van der Waals surface area contributed by atoms with Gasteiger partial charge in [0, 0.05) is 6.42 Å². The third-order valence-electron chi connectivity index (χ3n) is 2.05. The lowest BCUT2D eigenvalue weighted by molar-refractivity contribution is 0.112. The van der Waals surface area contributed by atoms with E-state index in [0.717, 1.165) is 12.0 Å². The molecule has 0 radical (unpaired) electrons. The number of carbonyl (C=O) groups is 1. The average molecular weight is 243 g/mol. The Morgan fingerprint density at radius 2 is 2.38 bits per heavy atom. The van der Waals surface area contributed by atoms with Gasteiger partial charge in [-0.25, -0.2) is 0 Å². The van der Waals surface area contributed by atoms with Crippen molar-refractivity contribution >= 4 is 22.2 Å². The van der Waals surface area contributed by atoms with Gasteiger partial charge in [-0.3, -0.25) is 4.79 Å². The van der Waals surface area contributed by atoms with Gasteiger partial charge in [0.25, 0.3) is 0 Å². The Balaban J connectivity index is 2.68. The number of phenols is 1. The quantitative estimate of drug-likeness (QED) is 0.766. The van der Waals surface area contributed by atoms with Gasteiger partial charge in [0.15, 0.2) is 6.29 Å². The van der Waals surface area contributed by atoms with E-state index in [4.69, 9.17) is 4.74 Å². The molecule has 0 spiro atoms. The van der Waals surface area contributed by atoms with Crippen LogP contribution in [0.4, 0.5) is 0 Å². The van der Waals surface area contributed by atoms with E-state index in [0.29, 0.717) is 28.7 Å². The number of carbonyl (C=O) groups excluding carboxylic acids is 1. The summed E-state index contributed by atoms with van der Waals surface area (Å²) in [5.74, 6) is 0.610. The van der Waals surface area contributed by atoms with Crippen molar-refractivity contribution in [1.29, 1.82) is 0 Å². The number of phenolic OH excluding ortho intramolecular Hbond substituents is 1. The summed E-state index contributed by atoms with van der Waals surface area (Å²) in [6, 6.07) is 1.66. The van der Waals surface area contributed by atoms with Gasteiger partial charge in [-0.15, -0.1) is 0 Å². The zero-order valence-corrected chi connectivity index (χ0v) is 8.30. The van der Waals surface area contributed by atoms with Crippen LogP contribution < -0.4 is 4.74 Å². The predicted octanol–water partition coefficient (Wildman–Crippen LogP) is 1.90. The van der Waals surface area contributed by atoms with Crippen molar-refractivity contribution in [3.63, 3.8) is 0 Å². The van der Waals surface area contributed by atoms with E-state index in [-0.39, 0.29) is 5.75 Å². The molecule has 0 saturated heterocycles. The normalized spacial score (nSPS) is 13.6. The van der Waals surface area contributed by atoms with E-state index in [9.17, 15) is 9.90 Å². The third kappa shape index (κ3) is 1.21. The SMILES string of the molecule is O=Cc1cc2c(c(Br)c1O)OCC2. The van der Waals surface area contributed by atoms with Crippen LogP contribution in [0, 0.1) is 0 Å². The van der Waals surface area contributed by atoms with Crippen LogP contribution in [0.15, 0.2) is 10.5 Å². The van der Waals surface area contributed by atoms with Gasteiger partial charge in [-0.2, -0.15) is 0 Å². The van der Waals surface area contributed by atoms with E-state index in [2.05, 4.69) is 15.9 Å². The monoisotopic (exact) mass is 242 g/mol. The van der Waals surface area contributed by atoms with Gasteiger partial charge in [0.05, 0.1) is 12.2 Å². The van der Waals surface area contributed by atoms with Crippen LogP contribution in [0.1, 0.15) is 15.9 Å². The van der Waals surface area contributed by atoms with Gasteiger partial charge >= 0.3 is 0 Å². The van der Waals surface area contributed by atoms with Crippen LogP contribution in [0.3, 0.4) is 0 Å². The number of ether oxygens (including phenoxy) is 1. The van der Waals surface area contributed by atoms with Crippen LogP contribution in [-0.2, 0) is 6.42 Å². The number of hydrogen-bond acceptors (Lipinski definition) is 3. The van der Waals surface area contributed by atoms with Crippen molar-refractivity contribution in [1.82, 2.24) is 0 Å². The summed E-state index contributed by atoms with van der Waals surface area (Å²) >= 11 is 3.19. The summed E-state index contributed by atoms with van der Waals surface area (Å²) < 4.78 is 5.76. The highest BCUT2D eigenvalue weighted by Gasteiger charge is 2.20. The molecule has 0 saturated carbocycles. The molecular weight excluding hydrogens is 236 g/mol. The fourth-order valence-corrected chi connectivity index (χ4v) is 1.99. The lowest BCUT2D eigenvalue weighted by atomic mass is 10.1. The Morgan fingerprint density at radius 3 is 3.08 bits per heavy atom. The summed E-state index contributed by atoms with van der Waals surface area (Å²) in [6.07, 6.45) is 1.42.